The van der Waals surface area contributed by atoms with E-state index in [2.05, 4.69) is 47.3 Å². The molecule has 3 aliphatic rings. The van der Waals surface area contributed by atoms with Gasteiger partial charge < -0.3 is 20.4 Å². The molecule has 0 amide bonds. The summed E-state index contributed by atoms with van der Waals surface area (Å²) < 4.78 is 16.3. The molecule has 4 atom stereocenters. The maximum absolute atomic E-state index is 14.3. The van der Waals surface area contributed by atoms with Crippen LogP contribution in [0.1, 0.15) is 106 Å². The van der Waals surface area contributed by atoms with E-state index in [0.717, 1.165) is 92.7 Å². The van der Waals surface area contributed by atoms with Crippen LogP contribution in [0.2, 0.25) is 0 Å². The third kappa shape index (κ3) is 8.09. The van der Waals surface area contributed by atoms with Crippen LogP contribution in [0.5, 0.6) is 0 Å². The third-order valence-electron chi connectivity index (χ3n) is 11.5. The van der Waals surface area contributed by atoms with Crippen molar-refractivity contribution in [1.29, 1.82) is 0 Å². The van der Waals surface area contributed by atoms with E-state index in [4.69, 9.17) is 9.97 Å². The number of fused-ring (bicyclic) bond motifs is 1. The lowest BCUT2D eigenvalue weighted by Gasteiger charge is -2.39. The Balaban J connectivity index is 1.35. The van der Waals surface area contributed by atoms with Crippen molar-refractivity contribution >= 4 is 17.7 Å². The van der Waals surface area contributed by atoms with Crippen molar-refractivity contribution in [3.05, 3.63) is 64.9 Å². The Morgan fingerprint density at radius 1 is 1.12 bits per heavy atom. The number of carboxylic acids is 1. The zero-order chi connectivity index (χ0) is 34.5. The summed E-state index contributed by atoms with van der Waals surface area (Å²) in [4.78, 5) is 26.8. The largest absolute Gasteiger partial charge is 0.481 e. The van der Waals surface area contributed by atoms with Gasteiger partial charge in [-0.25, -0.2) is 9.37 Å². The van der Waals surface area contributed by atoms with Crippen LogP contribution < -0.4 is 10.2 Å². The number of carbonyl (C=O) groups is 1. The average molecular weight is 676 g/mol. The molecule has 2 aliphatic carbocycles. The quantitative estimate of drug-likeness (QED) is 0.194. The molecule has 3 N–H and O–H groups in total. The monoisotopic (exact) mass is 675 g/mol. The van der Waals surface area contributed by atoms with Crippen molar-refractivity contribution in [2.75, 3.05) is 37.0 Å². The number of aryl methyl sites for hydroxylation is 2. The van der Waals surface area contributed by atoms with Gasteiger partial charge in [0.05, 0.1) is 30.5 Å². The third-order valence-corrected chi connectivity index (χ3v) is 11.5. The number of piperidine rings is 1. The molecule has 2 fully saturated rings. The first-order valence-electron chi connectivity index (χ1n) is 18.5. The molecule has 0 spiro atoms. The molecule has 3 heterocycles. The van der Waals surface area contributed by atoms with Gasteiger partial charge in [-0.3, -0.25) is 14.4 Å². The number of aliphatic hydroxyl groups excluding tert-OH is 1. The predicted octanol–water partition coefficient (Wildman–Crippen LogP) is 6.21. The number of hydrogen-bond acceptors (Lipinski definition) is 8. The van der Waals surface area contributed by atoms with E-state index in [1.54, 1.807) is 12.1 Å². The molecule has 1 saturated carbocycles. The Morgan fingerprint density at radius 2 is 1.94 bits per heavy atom. The molecule has 1 saturated heterocycles. The van der Waals surface area contributed by atoms with Crippen molar-refractivity contribution < 1.29 is 19.4 Å². The number of aromatic nitrogens is 4. The summed E-state index contributed by atoms with van der Waals surface area (Å²) in [5, 5.41) is 28.3. The number of carboxylic acid groups (broad SMARTS) is 1. The lowest BCUT2D eigenvalue weighted by molar-refractivity contribution is -0.143. The van der Waals surface area contributed by atoms with Crippen molar-refractivity contribution in [2.24, 2.45) is 11.8 Å². The van der Waals surface area contributed by atoms with E-state index in [-0.39, 0.29) is 42.4 Å². The molecule has 2 aromatic heterocycles. The molecule has 1 aromatic carbocycles. The van der Waals surface area contributed by atoms with Gasteiger partial charge in [-0.15, -0.1) is 0 Å². The fourth-order valence-electron chi connectivity index (χ4n) is 8.62. The van der Waals surface area contributed by atoms with Gasteiger partial charge in [0.15, 0.2) is 0 Å². The van der Waals surface area contributed by atoms with Crippen LogP contribution in [0.15, 0.2) is 36.7 Å². The lowest BCUT2D eigenvalue weighted by atomic mass is 9.77. The second-order valence-corrected chi connectivity index (χ2v) is 14.5. The second-order valence-electron chi connectivity index (χ2n) is 14.5. The summed E-state index contributed by atoms with van der Waals surface area (Å²) in [7, 11) is 2.09. The minimum Gasteiger partial charge on any atom is -0.481 e. The van der Waals surface area contributed by atoms with E-state index < -0.39 is 5.97 Å². The highest BCUT2D eigenvalue weighted by atomic mass is 19.1. The summed E-state index contributed by atoms with van der Waals surface area (Å²) in [6.45, 7) is 6.84. The Labute approximate surface area is 290 Å². The molecule has 266 valence electrons. The van der Waals surface area contributed by atoms with Crippen molar-refractivity contribution in [2.45, 2.75) is 115 Å². The molecule has 0 unspecified atom stereocenters. The molecule has 0 bridgehead atoms. The van der Waals surface area contributed by atoms with Crippen LogP contribution in [-0.2, 0) is 24.2 Å². The van der Waals surface area contributed by atoms with Gasteiger partial charge in [0.1, 0.15) is 11.6 Å². The van der Waals surface area contributed by atoms with Gasteiger partial charge in [-0.2, -0.15) is 10.1 Å². The van der Waals surface area contributed by atoms with Gasteiger partial charge in [0.2, 0.25) is 5.95 Å². The van der Waals surface area contributed by atoms with Gasteiger partial charge in [-0.1, -0.05) is 25.5 Å². The number of benzene rings is 1. The van der Waals surface area contributed by atoms with Crippen molar-refractivity contribution in [1.82, 2.24) is 24.6 Å². The fraction of sp³-hybridized carbons (Fsp3) is 0.632. The van der Waals surface area contributed by atoms with E-state index >= 15 is 0 Å². The number of aliphatic hydroxyl groups is 1. The molecule has 49 heavy (non-hydrogen) atoms. The maximum atomic E-state index is 14.3. The normalized spacial score (nSPS) is 24.2. The number of aliphatic carboxylic acids is 1. The Hall–Kier alpha value is -3.57. The topological polar surface area (TPSA) is 120 Å². The van der Waals surface area contributed by atoms with Gasteiger partial charge in [-0.05, 0) is 107 Å². The first-order chi connectivity index (χ1) is 23.8. The molecular formula is C38H54FN7O3. The van der Waals surface area contributed by atoms with E-state index in [9.17, 15) is 19.4 Å². The Kier molecular flexibility index (Phi) is 11.5. The molecule has 1 aliphatic heterocycles. The van der Waals surface area contributed by atoms with E-state index in [1.165, 1.54) is 6.07 Å². The summed E-state index contributed by atoms with van der Waals surface area (Å²) in [5.74, 6) is 0.883. The smallest absolute Gasteiger partial charge is 0.306 e. The molecule has 10 nitrogen and oxygen atoms in total. The molecule has 0 radical (unpaired) electrons. The number of halogens is 1. The SMILES string of the molecule is CC[C@H](C1CCC(C(=O)O)CC1)N(C)c1nc2c(c(N[C@@H](CN3CCCC[C@H]3CO)c3cnn(CC)c3)n1)C[C@H](c1cccc(F)c1)CC2. The summed E-state index contributed by atoms with van der Waals surface area (Å²) in [6.07, 6.45) is 13.7. The molecule has 6 rings (SSSR count). The number of nitrogens with one attached hydrogen (secondary N) is 1. The van der Waals surface area contributed by atoms with Crippen molar-refractivity contribution in [3.63, 3.8) is 0 Å². The summed E-state index contributed by atoms with van der Waals surface area (Å²) >= 11 is 0. The van der Waals surface area contributed by atoms with Crippen LogP contribution >= 0.6 is 0 Å². The minimum absolute atomic E-state index is 0.118. The van der Waals surface area contributed by atoms with Gasteiger partial charge in [0.25, 0.3) is 0 Å². The second kappa shape index (κ2) is 16.0. The zero-order valence-corrected chi connectivity index (χ0v) is 29.4. The number of rotatable bonds is 13. The van der Waals surface area contributed by atoms with Gasteiger partial charge >= 0.3 is 5.97 Å². The van der Waals surface area contributed by atoms with Crippen molar-refractivity contribution in [3.8, 4) is 0 Å². The summed E-state index contributed by atoms with van der Waals surface area (Å²) in [6, 6.07) is 7.17. The number of likely N-dealkylation sites (tertiary alicyclic amines) is 1. The highest BCUT2D eigenvalue weighted by molar-refractivity contribution is 5.70. The molecule has 11 heteroatoms. The van der Waals surface area contributed by atoms with Crippen LogP contribution in [0.4, 0.5) is 16.2 Å². The fourth-order valence-corrected chi connectivity index (χ4v) is 8.62. The molecule has 3 aromatic rings. The van der Waals surface area contributed by atoms with E-state index in [0.29, 0.717) is 37.7 Å². The zero-order valence-electron chi connectivity index (χ0n) is 29.4. The maximum Gasteiger partial charge on any atom is 0.306 e. The standard InChI is InChI=1S/C38H54FN7O3/c1-4-35(25-12-14-26(15-13-25)37(48)49)44(3)38-42-33-17-16-28(27-9-8-10-30(39)19-27)20-32(33)36(43-38)41-34(29-21-40-46(5-2)22-29)23-45-18-7-6-11-31(45)24-47/h8-10,19,21-22,25-26,28,31,34-35,47H,4-7,11-18,20,23-24H2,1-3H3,(H,48,49)(H,41,42,43)/t25?,26?,28-,31+,34+,35-/m1/s1. The highest BCUT2D eigenvalue weighted by Gasteiger charge is 2.34. The van der Waals surface area contributed by atoms with E-state index in [1.807, 2.05) is 16.9 Å². The van der Waals surface area contributed by atoms with Gasteiger partial charge in [0, 0.05) is 49.5 Å². The average Bonchev–Trinajstić information content (AvgIpc) is 3.61. The van der Waals surface area contributed by atoms with Crippen LogP contribution in [0.25, 0.3) is 0 Å². The number of anilines is 2. The Bertz CT molecular complexity index is 1560. The van der Waals surface area contributed by atoms with Crippen LogP contribution in [-0.4, -0.2) is 79.7 Å². The molecular weight excluding hydrogens is 621 g/mol. The predicted molar refractivity (Wildman–Crippen MR) is 189 cm³/mol. The minimum atomic E-state index is -0.681. The van der Waals surface area contributed by atoms with Crippen LogP contribution in [0, 0.1) is 17.7 Å². The summed E-state index contributed by atoms with van der Waals surface area (Å²) in [5.41, 5.74) is 4.19. The number of nitrogens with zero attached hydrogens (tertiary/aromatic N) is 6. The first kappa shape index (κ1) is 35.3. The van der Waals surface area contributed by atoms with Crippen LogP contribution in [0.3, 0.4) is 0 Å². The lowest BCUT2D eigenvalue weighted by Crippen LogP contribution is -2.45. The number of hydrogen-bond donors (Lipinski definition) is 3. The highest BCUT2D eigenvalue weighted by Crippen LogP contribution is 2.39. The first-order valence-corrected chi connectivity index (χ1v) is 18.5. The Morgan fingerprint density at radius 3 is 2.63 bits per heavy atom.